The highest BCUT2D eigenvalue weighted by molar-refractivity contribution is 7.92. The molecular formula is C22H22Cl2N2O2S2. The topological polar surface area (TPSA) is 50.3 Å². The molecule has 0 spiro atoms. The quantitative estimate of drug-likeness (QED) is 0.447. The van der Waals surface area contributed by atoms with E-state index >= 15 is 0 Å². The van der Waals surface area contributed by atoms with Gasteiger partial charge in [0, 0.05) is 29.1 Å². The molecule has 0 bridgehead atoms. The maximum Gasteiger partial charge on any atom is 0.185 e. The Morgan fingerprint density at radius 3 is 2.37 bits per heavy atom. The van der Waals surface area contributed by atoms with E-state index in [4.69, 9.17) is 28.2 Å². The Labute approximate surface area is 191 Å². The number of anilines is 1. The van der Waals surface area contributed by atoms with E-state index in [2.05, 4.69) is 42.3 Å². The van der Waals surface area contributed by atoms with Crippen LogP contribution in [0.2, 0.25) is 10.0 Å². The number of benzene rings is 2. The van der Waals surface area contributed by atoms with Crippen molar-refractivity contribution in [3.8, 4) is 11.3 Å². The molecule has 0 unspecified atom stereocenters. The van der Waals surface area contributed by atoms with Crippen molar-refractivity contribution in [1.29, 1.82) is 0 Å². The van der Waals surface area contributed by atoms with Crippen LogP contribution in [0.1, 0.15) is 24.0 Å². The molecule has 158 valence electrons. The zero-order valence-electron chi connectivity index (χ0n) is 16.7. The number of piperidine rings is 1. The lowest BCUT2D eigenvalue weighted by Crippen LogP contribution is -2.39. The van der Waals surface area contributed by atoms with Crippen LogP contribution < -0.4 is 4.90 Å². The third-order valence-electron chi connectivity index (χ3n) is 5.36. The predicted octanol–water partition coefficient (Wildman–Crippen LogP) is 6.18. The minimum absolute atomic E-state index is 0.126. The second kappa shape index (κ2) is 8.50. The van der Waals surface area contributed by atoms with Crippen molar-refractivity contribution in [2.45, 2.75) is 36.8 Å². The molecule has 2 aromatic carbocycles. The molecule has 0 radical (unpaired) electrons. The Kier molecular flexibility index (Phi) is 6.13. The van der Waals surface area contributed by atoms with Crippen molar-refractivity contribution in [2.24, 2.45) is 0 Å². The highest BCUT2D eigenvalue weighted by Gasteiger charge is 2.33. The van der Waals surface area contributed by atoms with Gasteiger partial charge in [-0.2, -0.15) is 0 Å². The molecule has 3 aromatic rings. The van der Waals surface area contributed by atoms with Crippen LogP contribution in [-0.2, 0) is 9.84 Å². The van der Waals surface area contributed by atoms with Gasteiger partial charge in [0.05, 0.1) is 20.9 Å². The summed E-state index contributed by atoms with van der Waals surface area (Å²) in [6.07, 6.45) is 1.06. The zero-order valence-corrected chi connectivity index (χ0v) is 19.9. The van der Waals surface area contributed by atoms with E-state index < -0.39 is 15.1 Å². The molecule has 0 amide bonds. The van der Waals surface area contributed by atoms with Gasteiger partial charge in [-0.15, -0.1) is 11.3 Å². The summed E-state index contributed by atoms with van der Waals surface area (Å²) in [5.41, 5.74) is 4.50. The Balaban J connectivity index is 1.49. The third kappa shape index (κ3) is 4.37. The monoisotopic (exact) mass is 480 g/mol. The highest BCUT2D eigenvalue weighted by Crippen LogP contribution is 2.34. The summed E-state index contributed by atoms with van der Waals surface area (Å²) in [5.74, 6) is 0. The number of hydrogen-bond donors (Lipinski definition) is 0. The van der Waals surface area contributed by atoms with E-state index in [1.807, 2.05) is 0 Å². The SMILES string of the molecule is Cc1cc(C)cc(-c2csc(N3CCC(S(=O)(=O)c4cc(Cl)ccc4Cl)CC3)n2)c1. The van der Waals surface area contributed by atoms with Gasteiger partial charge in [0.1, 0.15) is 0 Å². The summed E-state index contributed by atoms with van der Waals surface area (Å²) in [4.78, 5) is 7.11. The number of hydrogen-bond acceptors (Lipinski definition) is 5. The Morgan fingerprint density at radius 1 is 1.03 bits per heavy atom. The summed E-state index contributed by atoms with van der Waals surface area (Å²) in [6.45, 7) is 5.45. The molecule has 8 heteroatoms. The van der Waals surface area contributed by atoms with Crippen LogP contribution in [0, 0.1) is 13.8 Å². The average molecular weight is 481 g/mol. The number of aromatic nitrogens is 1. The number of rotatable bonds is 4. The summed E-state index contributed by atoms with van der Waals surface area (Å²) in [5, 5.41) is 3.12. The fourth-order valence-electron chi connectivity index (χ4n) is 3.90. The Morgan fingerprint density at radius 2 is 1.70 bits per heavy atom. The lowest BCUT2D eigenvalue weighted by molar-refractivity contribution is 0.529. The first-order valence-electron chi connectivity index (χ1n) is 9.72. The molecule has 30 heavy (non-hydrogen) atoms. The molecule has 1 aliphatic heterocycles. The van der Waals surface area contributed by atoms with Crippen molar-refractivity contribution in [3.05, 3.63) is 63.0 Å². The van der Waals surface area contributed by atoms with Crippen LogP contribution in [-0.4, -0.2) is 31.7 Å². The molecule has 1 fully saturated rings. The van der Waals surface area contributed by atoms with Crippen molar-refractivity contribution in [3.63, 3.8) is 0 Å². The van der Waals surface area contributed by atoms with Crippen LogP contribution in [0.15, 0.2) is 46.7 Å². The van der Waals surface area contributed by atoms with E-state index in [0.29, 0.717) is 31.0 Å². The first-order valence-corrected chi connectivity index (χ1v) is 12.9. The van der Waals surface area contributed by atoms with Crippen LogP contribution in [0.5, 0.6) is 0 Å². The maximum absolute atomic E-state index is 13.1. The van der Waals surface area contributed by atoms with E-state index in [1.165, 1.54) is 23.3 Å². The first kappa shape index (κ1) is 21.6. The lowest BCUT2D eigenvalue weighted by atomic mass is 10.1. The number of sulfone groups is 1. The van der Waals surface area contributed by atoms with Gasteiger partial charge in [0.2, 0.25) is 0 Å². The molecule has 4 rings (SSSR count). The number of aryl methyl sites for hydroxylation is 2. The van der Waals surface area contributed by atoms with Crippen LogP contribution in [0.3, 0.4) is 0 Å². The summed E-state index contributed by atoms with van der Waals surface area (Å²) < 4.78 is 26.2. The van der Waals surface area contributed by atoms with E-state index in [0.717, 1.165) is 16.4 Å². The van der Waals surface area contributed by atoms with Gasteiger partial charge in [-0.05, 0) is 57.0 Å². The van der Waals surface area contributed by atoms with Gasteiger partial charge in [-0.3, -0.25) is 0 Å². The molecule has 0 saturated carbocycles. The minimum Gasteiger partial charge on any atom is -0.348 e. The smallest absolute Gasteiger partial charge is 0.185 e. The van der Waals surface area contributed by atoms with E-state index in [1.54, 1.807) is 17.4 Å². The predicted molar refractivity (Wildman–Crippen MR) is 126 cm³/mol. The van der Waals surface area contributed by atoms with E-state index in [-0.39, 0.29) is 9.92 Å². The number of nitrogens with zero attached hydrogens (tertiary/aromatic N) is 2. The molecule has 1 aliphatic rings. The second-order valence-electron chi connectivity index (χ2n) is 7.70. The summed E-state index contributed by atoms with van der Waals surface area (Å²) >= 11 is 13.7. The minimum atomic E-state index is -3.53. The molecule has 0 aliphatic carbocycles. The van der Waals surface area contributed by atoms with Crippen LogP contribution >= 0.6 is 34.5 Å². The third-order valence-corrected chi connectivity index (χ3v) is 9.24. The maximum atomic E-state index is 13.1. The Hall–Kier alpha value is -1.60. The fourth-order valence-corrected chi connectivity index (χ4v) is 7.28. The second-order valence-corrected chi connectivity index (χ2v) is 11.6. The first-order chi connectivity index (χ1) is 14.2. The summed E-state index contributed by atoms with van der Waals surface area (Å²) in [6, 6.07) is 11.0. The molecule has 2 heterocycles. The largest absolute Gasteiger partial charge is 0.348 e. The standard InChI is InChI=1S/C22H22Cl2N2O2S2/c1-14-9-15(2)11-16(10-14)20-13-29-22(25-20)26-7-5-18(6-8-26)30(27,28)21-12-17(23)3-4-19(21)24/h3-4,9-13,18H,5-8H2,1-2H3. The van der Waals surface area contributed by atoms with Gasteiger partial charge >= 0.3 is 0 Å². The highest BCUT2D eigenvalue weighted by atomic mass is 35.5. The van der Waals surface area contributed by atoms with E-state index in [9.17, 15) is 8.42 Å². The number of halogens is 2. The van der Waals surface area contributed by atoms with Crippen LogP contribution in [0.25, 0.3) is 11.3 Å². The fraction of sp³-hybridized carbons (Fsp3) is 0.318. The van der Waals surface area contributed by atoms with Gasteiger partial charge in [-0.25, -0.2) is 13.4 Å². The molecule has 1 saturated heterocycles. The Bertz CT molecular complexity index is 1160. The molecule has 0 atom stereocenters. The zero-order chi connectivity index (χ0) is 21.5. The van der Waals surface area contributed by atoms with Gasteiger partial charge < -0.3 is 4.90 Å². The van der Waals surface area contributed by atoms with Crippen molar-refractivity contribution >= 4 is 49.5 Å². The molecule has 4 nitrogen and oxygen atoms in total. The normalized spacial score (nSPS) is 15.5. The van der Waals surface area contributed by atoms with Gasteiger partial charge in [-0.1, -0.05) is 40.4 Å². The lowest BCUT2D eigenvalue weighted by Gasteiger charge is -2.31. The number of thiazole rings is 1. The molecule has 1 aromatic heterocycles. The van der Waals surface area contributed by atoms with Crippen molar-refractivity contribution in [2.75, 3.05) is 18.0 Å². The van der Waals surface area contributed by atoms with Gasteiger partial charge in [0.15, 0.2) is 15.0 Å². The van der Waals surface area contributed by atoms with Crippen molar-refractivity contribution < 1.29 is 8.42 Å². The van der Waals surface area contributed by atoms with Crippen LogP contribution in [0.4, 0.5) is 5.13 Å². The molecular weight excluding hydrogens is 459 g/mol. The molecule has 0 N–H and O–H groups in total. The summed E-state index contributed by atoms with van der Waals surface area (Å²) in [7, 11) is -3.53. The average Bonchev–Trinajstić information content (AvgIpc) is 3.19. The van der Waals surface area contributed by atoms with Crippen molar-refractivity contribution in [1.82, 2.24) is 4.98 Å². The van der Waals surface area contributed by atoms with Gasteiger partial charge in [0.25, 0.3) is 0 Å².